The lowest BCUT2D eigenvalue weighted by Gasteiger charge is -2.36. The van der Waals surface area contributed by atoms with Crippen LogP contribution in [0.1, 0.15) is 41.5 Å². The van der Waals surface area contributed by atoms with Gasteiger partial charge in [0.05, 0.1) is 0 Å². The summed E-state index contributed by atoms with van der Waals surface area (Å²) in [6.07, 6.45) is -9.09. The van der Waals surface area contributed by atoms with Crippen LogP contribution < -0.4 is 0 Å². The monoisotopic (exact) mass is 493 g/mol. The SMILES string of the molecule is CC(=O)OC[C@@H](OC(C)=O)[C@@H](OC(C)=O)[C@H](OC(C)=O)[C@@H](OC(C)=O)[C@H](C[N+](=O)[O-])OC(C)=O. The van der Waals surface area contributed by atoms with Crippen LogP contribution >= 0.6 is 0 Å². The van der Waals surface area contributed by atoms with Crippen molar-refractivity contribution < 1.29 is 62.1 Å². The van der Waals surface area contributed by atoms with Crippen LogP contribution in [0.4, 0.5) is 0 Å². The van der Waals surface area contributed by atoms with Crippen molar-refractivity contribution in [2.45, 2.75) is 72.1 Å². The zero-order chi connectivity index (χ0) is 26.6. The zero-order valence-electron chi connectivity index (χ0n) is 19.5. The summed E-state index contributed by atoms with van der Waals surface area (Å²) in [6.45, 7) is 3.90. The molecule has 0 aliphatic heterocycles. The molecule has 0 aliphatic carbocycles. The highest BCUT2D eigenvalue weighted by Crippen LogP contribution is 2.23. The fourth-order valence-corrected chi connectivity index (χ4v) is 2.78. The van der Waals surface area contributed by atoms with Crippen LogP contribution in [-0.4, -0.2) is 84.4 Å². The minimum Gasteiger partial charge on any atom is -0.462 e. The molecule has 0 aromatic rings. The maximum Gasteiger partial charge on any atom is 0.303 e. The minimum atomic E-state index is -1.91. The molecule has 0 aliphatic rings. The van der Waals surface area contributed by atoms with Crippen LogP contribution in [0, 0.1) is 10.1 Å². The highest BCUT2D eigenvalue weighted by Gasteiger charge is 2.49. The predicted molar refractivity (Wildman–Crippen MR) is 106 cm³/mol. The predicted octanol–water partition coefficient (Wildman–Crippen LogP) is -0.515. The molecule has 0 bridgehead atoms. The molecule has 0 aromatic carbocycles. The van der Waals surface area contributed by atoms with Gasteiger partial charge >= 0.3 is 35.8 Å². The Morgan fingerprint density at radius 1 is 0.588 bits per heavy atom. The largest absolute Gasteiger partial charge is 0.462 e. The first-order chi connectivity index (χ1) is 15.6. The van der Waals surface area contributed by atoms with Crippen molar-refractivity contribution in [2.24, 2.45) is 0 Å². The number of hydrogen-bond donors (Lipinski definition) is 0. The second kappa shape index (κ2) is 14.4. The number of ether oxygens (including phenoxy) is 6. The van der Waals surface area contributed by atoms with Crippen molar-refractivity contribution >= 4 is 35.8 Å². The number of nitrogens with zero attached hydrogens (tertiary/aromatic N) is 1. The average Bonchev–Trinajstić information content (AvgIpc) is 2.64. The topological polar surface area (TPSA) is 201 Å². The van der Waals surface area contributed by atoms with E-state index in [9.17, 15) is 38.9 Å². The molecule has 0 spiro atoms. The van der Waals surface area contributed by atoms with Gasteiger partial charge in [0.25, 0.3) is 0 Å². The fraction of sp³-hybridized carbons (Fsp3) is 0.684. The Morgan fingerprint density at radius 3 is 1.29 bits per heavy atom. The second-order valence-electron chi connectivity index (χ2n) is 6.84. The highest BCUT2D eigenvalue weighted by molar-refractivity contribution is 5.70. The van der Waals surface area contributed by atoms with Gasteiger partial charge in [0.2, 0.25) is 12.6 Å². The maximum atomic E-state index is 11.9. The zero-order valence-corrected chi connectivity index (χ0v) is 19.5. The number of nitro groups is 1. The van der Waals surface area contributed by atoms with Crippen LogP contribution in [0.5, 0.6) is 0 Å². The van der Waals surface area contributed by atoms with E-state index < -0.39 is 84.4 Å². The molecule has 0 rings (SSSR count). The molecule has 15 nitrogen and oxygen atoms in total. The van der Waals surface area contributed by atoms with E-state index in [0.29, 0.717) is 0 Å². The standard InChI is InChI=1S/C19H27NO14/c1-9(21)29-8-16(31-11(3)23)18(33-13(5)25)19(34-14(6)26)17(32-12(4)24)15(7-20(27)28)30-10(2)22/h15-19H,7-8H2,1-6H3/t15-,16+,17-,18+,19+/m0/s1. The molecule has 5 atom stereocenters. The summed E-state index contributed by atoms with van der Waals surface area (Å²) in [7, 11) is 0. The van der Waals surface area contributed by atoms with Gasteiger partial charge in [-0.3, -0.25) is 38.9 Å². The van der Waals surface area contributed by atoms with Crippen LogP contribution in [0.15, 0.2) is 0 Å². The lowest BCUT2D eigenvalue weighted by molar-refractivity contribution is -0.493. The smallest absolute Gasteiger partial charge is 0.303 e. The number of carbonyl (C=O) groups is 6. The lowest BCUT2D eigenvalue weighted by Crippen LogP contribution is -2.57. The third-order valence-electron chi connectivity index (χ3n) is 3.70. The van der Waals surface area contributed by atoms with Gasteiger partial charge in [-0.15, -0.1) is 0 Å². The first-order valence-corrected chi connectivity index (χ1v) is 9.75. The van der Waals surface area contributed by atoms with Gasteiger partial charge in [-0.1, -0.05) is 0 Å². The second-order valence-corrected chi connectivity index (χ2v) is 6.84. The quantitative estimate of drug-likeness (QED) is 0.137. The fourth-order valence-electron chi connectivity index (χ4n) is 2.78. The van der Waals surface area contributed by atoms with Crippen LogP contribution in [0.3, 0.4) is 0 Å². The van der Waals surface area contributed by atoms with Crippen LogP contribution in [0.25, 0.3) is 0 Å². The summed E-state index contributed by atoms with van der Waals surface area (Å²) in [5, 5.41) is 11.2. The van der Waals surface area contributed by atoms with E-state index in [2.05, 4.69) is 0 Å². The van der Waals surface area contributed by atoms with Crippen molar-refractivity contribution in [1.29, 1.82) is 0 Å². The Morgan fingerprint density at radius 2 is 0.941 bits per heavy atom. The van der Waals surface area contributed by atoms with E-state index >= 15 is 0 Å². The molecule has 0 radical (unpaired) electrons. The summed E-state index contributed by atoms with van der Waals surface area (Å²) in [5.41, 5.74) is 0. The Balaban J connectivity index is 6.76. The van der Waals surface area contributed by atoms with Gasteiger partial charge in [-0.25, -0.2) is 0 Å². The molecule has 0 heterocycles. The highest BCUT2D eigenvalue weighted by atomic mass is 16.7. The van der Waals surface area contributed by atoms with E-state index in [1.165, 1.54) is 0 Å². The number of carbonyl (C=O) groups excluding carboxylic acids is 6. The average molecular weight is 493 g/mol. The van der Waals surface area contributed by atoms with Crippen LogP contribution in [0.2, 0.25) is 0 Å². The molecule has 0 unspecified atom stereocenters. The van der Waals surface area contributed by atoms with E-state index in [-0.39, 0.29) is 0 Å². The molecular weight excluding hydrogens is 466 g/mol. The summed E-state index contributed by atoms with van der Waals surface area (Å²) in [4.78, 5) is 80.3. The first kappa shape index (κ1) is 30.2. The molecule has 34 heavy (non-hydrogen) atoms. The third kappa shape index (κ3) is 12.3. The van der Waals surface area contributed by atoms with Crippen molar-refractivity contribution in [3.63, 3.8) is 0 Å². The Bertz CT molecular complexity index is 778. The van der Waals surface area contributed by atoms with Crippen molar-refractivity contribution in [3.8, 4) is 0 Å². The maximum absolute atomic E-state index is 11.9. The van der Waals surface area contributed by atoms with Gasteiger partial charge in [0.15, 0.2) is 24.4 Å². The summed E-state index contributed by atoms with van der Waals surface area (Å²) in [6, 6.07) is 0. The molecule has 0 fully saturated rings. The Labute approximate surface area is 194 Å². The Kier molecular flexibility index (Phi) is 12.8. The van der Waals surface area contributed by atoms with E-state index in [1.54, 1.807) is 0 Å². The number of esters is 6. The molecule has 0 aromatic heterocycles. The minimum absolute atomic E-state index is 0.703. The summed E-state index contributed by atoms with van der Waals surface area (Å²) < 4.78 is 30.2. The molecule has 0 saturated carbocycles. The van der Waals surface area contributed by atoms with Crippen molar-refractivity contribution in [2.75, 3.05) is 13.2 Å². The van der Waals surface area contributed by atoms with Crippen molar-refractivity contribution in [3.05, 3.63) is 10.1 Å². The third-order valence-corrected chi connectivity index (χ3v) is 3.70. The van der Waals surface area contributed by atoms with Gasteiger partial charge in [-0.2, -0.15) is 0 Å². The molecule has 0 amide bonds. The van der Waals surface area contributed by atoms with Gasteiger partial charge in [-0.05, 0) is 0 Å². The Hall–Kier alpha value is -3.78. The van der Waals surface area contributed by atoms with Gasteiger partial charge in [0.1, 0.15) is 6.61 Å². The van der Waals surface area contributed by atoms with Crippen molar-refractivity contribution in [1.82, 2.24) is 0 Å². The molecule has 0 N–H and O–H groups in total. The molecular formula is C19H27NO14. The first-order valence-electron chi connectivity index (χ1n) is 9.75. The molecule has 0 saturated heterocycles. The summed E-state index contributed by atoms with van der Waals surface area (Å²) in [5.74, 6) is -5.82. The normalized spacial score (nSPS) is 14.8. The van der Waals surface area contributed by atoms with E-state index in [4.69, 9.17) is 28.4 Å². The number of rotatable bonds is 13. The van der Waals surface area contributed by atoms with E-state index in [0.717, 1.165) is 41.5 Å². The van der Waals surface area contributed by atoms with Gasteiger partial charge in [0, 0.05) is 46.5 Å². The van der Waals surface area contributed by atoms with Gasteiger partial charge < -0.3 is 28.4 Å². The lowest BCUT2D eigenvalue weighted by atomic mass is 9.97. The van der Waals surface area contributed by atoms with E-state index in [1.807, 2.05) is 0 Å². The number of hydrogen-bond acceptors (Lipinski definition) is 14. The molecule has 192 valence electrons. The molecule has 15 heteroatoms. The van der Waals surface area contributed by atoms with Crippen LogP contribution in [-0.2, 0) is 57.2 Å². The summed E-state index contributed by atoms with van der Waals surface area (Å²) >= 11 is 0.